The normalized spacial score (nSPS) is 11.2. The molecule has 0 unspecified atom stereocenters. The Morgan fingerprint density at radius 2 is 1.88 bits per heavy atom. The van der Waals surface area contributed by atoms with Crippen molar-refractivity contribution in [3.63, 3.8) is 0 Å². The van der Waals surface area contributed by atoms with Crippen LogP contribution in [0.3, 0.4) is 0 Å². The predicted octanol–water partition coefficient (Wildman–Crippen LogP) is 5.33. The van der Waals surface area contributed by atoms with Gasteiger partial charge in [-0.05, 0) is 67.0 Å². The molecule has 0 amide bonds. The summed E-state index contributed by atoms with van der Waals surface area (Å²) in [5.41, 5.74) is 3.07. The number of hydrogen-bond acceptors (Lipinski definition) is 4. The van der Waals surface area contributed by atoms with Crippen molar-refractivity contribution in [1.82, 2.24) is 14.9 Å². The van der Waals surface area contributed by atoms with Gasteiger partial charge in [0.2, 0.25) is 4.77 Å². The fraction of sp³-hybridized carbons (Fsp3) is 0.167. The zero-order chi connectivity index (χ0) is 18.7. The van der Waals surface area contributed by atoms with Gasteiger partial charge in [0.05, 0.1) is 16.3 Å². The summed E-state index contributed by atoms with van der Waals surface area (Å²) in [6.07, 6.45) is 1.63. The molecular formula is C18H16Cl2N4OS. The second-order valence-corrected chi connectivity index (χ2v) is 6.99. The monoisotopic (exact) mass is 406 g/mol. The zero-order valence-electron chi connectivity index (χ0n) is 14.2. The first-order chi connectivity index (χ1) is 12.4. The summed E-state index contributed by atoms with van der Waals surface area (Å²) in [5.74, 6) is 1.34. The van der Waals surface area contributed by atoms with E-state index in [0.717, 1.165) is 22.4 Å². The van der Waals surface area contributed by atoms with Gasteiger partial charge in [-0.15, -0.1) is 0 Å². The van der Waals surface area contributed by atoms with E-state index >= 15 is 0 Å². The van der Waals surface area contributed by atoms with Crippen molar-refractivity contribution in [3.8, 4) is 5.75 Å². The van der Waals surface area contributed by atoms with Crippen LogP contribution >= 0.6 is 35.4 Å². The molecule has 0 aliphatic heterocycles. The Morgan fingerprint density at radius 1 is 1.15 bits per heavy atom. The van der Waals surface area contributed by atoms with E-state index in [0.29, 0.717) is 20.6 Å². The third kappa shape index (κ3) is 4.52. The number of rotatable bonds is 5. The molecule has 3 rings (SSSR count). The van der Waals surface area contributed by atoms with Gasteiger partial charge in [0.1, 0.15) is 12.4 Å². The maximum Gasteiger partial charge on any atom is 0.216 e. The second-order valence-electron chi connectivity index (χ2n) is 5.79. The van der Waals surface area contributed by atoms with Gasteiger partial charge in [0.15, 0.2) is 5.82 Å². The van der Waals surface area contributed by atoms with Crippen molar-refractivity contribution in [2.45, 2.75) is 20.5 Å². The van der Waals surface area contributed by atoms with E-state index in [1.807, 2.05) is 32.0 Å². The Hall–Kier alpha value is -2.15. The molecule has 134 valence electrons. The van der Waals surface area contributed by atoms with Crippen LogP contribution in [0.1, 0.15) is 22.5 Å². The topological polar surface area (TPSA) is 55.2 Å². The third-order valence-corrected chi connectivity index (χ3v) is 4.55. The number of halogens is 2. The average molecular weight is 407 g/mol. The van der Waals surface area contributed by atoms with Gasteiger partial charge in [-0.2, -0.15) is 14.9 Å². The lowest BCUT2D eigenvalue weighted by atomic mass is 10.1. The minimum absolute atomic E-state index is 0.231. The minimum atomic E-state index is 0.231. The number of H-pyrrole nitrogens is 1. The van der Waals surface area contributed by atoms with E-state index in [9.17, 15) is 0 Å². The molecule has 0 spiro atoms. The summed E-state index contributed by atoms with van der Waals surface area (Å²) in [6.45, 7) is 4.28. The van der Waals surface area contributed by atoms with Crippen molar-refractivity contribution in [2.75, 3.05) is 0 Å². The van der Waals surface area contributed by atoms with Crippen LogP contribution in [-0.4, -0.2) is 21.1 Å². The molecular weight excluding hydrogens is 391 g/mol. The van der Waals surface area contributed by atoms with E-state index in [4.69, 9.17) is 40.2 Å². The fourth-order valence-corrected chi connectivity index (χ4v) is 2.92. The number of aromatic nitrogens is 3. The Bertz CT molecular complexity index is 1010. The van der Waals surface area contributed by atoms with E-state index in [2.05, 4.69) is 21.4 Å². The summed E-state index contributed by atoms with van der Waals surface area (Å²) in [5, 5.41) is 12.2. The lowest BCUT2D eigenvalue weighted by molar-refractivity contribution is 0.290. The maximum atomic E-state index is 6.02. The van der Waals surface area contributed by atoms with Gasteiger partial charge < -0.3 is 4.74 Å². The van der Waals surface area contributed by atoms with Crippen molar-refractivity contribution < 1.29 is 4.74 Å². The Morgan fingerprint density at radius 3 is 2.58 bits per heavy atom. The molecule has 8 heteroatoms. The van der Waals surface area contributed by atoms with Crippen LogP contribution in [0, 0.1) is 18.6 Å². The SMILES string of the molecule is Cc1cc(C)cc(OCc2n[nH]c(=S)n2/N=C\c2ccc(Cl)c(Cl)c2)c1. The Balaban J connectivity index is 1.79. The lowest BCUT2D eigenvalue weighted by Crippen LogP contribution is -2.04. The third-order valence-electron chi connectivity index (χ3n) is 3.55. The number of ether oxygens (including phenoxy) is 1. The van der Waals surface area contributed by atoms with Gasteiger partial charge >= 0.3 is 0 Å². The molecule has 5 nitrogen and oxygen atoms in total. The van der Waals surface area contributed by atoms with Gasteiger partial charge in [-0.1, -0.05) is 35.3 Å². The standard InChI is InChI=1S/C18H16Cl2N4OS/c1-11-5-12(2)7-14(6-11)25-10-17-22-23-18(26)24(17)21-9-13-3-4-15(19)16(20)8-13/h3-9H,10H2,1-2H3,(H,23,26)/b21-9-. The summed E-state index contributed by atoms with van der Waals surface area (Å²) >= 11 is 17.2. The predicted molar refractivity (Wildman–Crippen MR) is 107 cm³/mol. The van der Waals surface area contributed by atoms with Crippen LogP contribution in [0.5, 0.6) is 5.75 Å². The highest BCUT2D eigenvalue weighted by Crippen LogP contribution is 2.22. The van der Waals surface area contributed by atoms with E-state index < -0.39 is 0 Å². The fourth-order valence-electron chi connectivity index (χ4n) is 2.42. The highest BCUT2D eigenvalue weighted by atomic mass is 35.5. The van der Waals surface area contributed by atoms with Gasteiger partial charge in [0, 0.05) is 0 Å². The number of hydrogen-bond donors (Lipinski definition) is 1. The first-order valence-electron chi connectivity index (χ1n) is 7.79. The van der Waals surface area contributed by atoms with Crippen molar-refractivity contribution >= 4 is 41.6 Å². The molecule has 0 atom stereocenters. The number of aromatic amines is 1. The van der Waals surface area contributed by atoms with Crippen molar-refractivity contribution in [2.24, 2.45) is 5.10 Å². The van der Waals surface area contributed by atoms with Gasteiger partial charge in [-0.3, -0.25) is 0 Å². The molecule has 0 radical (unpaired) electrons. The largest absolute Gasteiger partial charge is 0.486 e. The van der Waals surface area contributed by atoms with Gasteiger partial charge in [0.25, 0.3) is 0 Å². The summed E-state index contributed by atoms with van der Waals surface area (Å²) in [6, 6.07) is 11.3. The van der Waals surface area contributed by atoms with Crippen LogP contribution in [-0.2, 0) is 6.61 Å². The molecule has 1 heterocycles. The molecule has 0 aliphatic carbocycles. The highest BCUT2D eigenvalue weighted by Gasteiger charge is 2.07. The van der Waals surface area contributed by atoms with Crippen LogP contribution in [0.2, 0.25) is 10.0 Å². The number of benzene rings is 2. The molecule has 2 aromatic carbocycles. The summed E-state index contributed by atoms with van der Waals surface area (Å²) in [4.78, 5) is 0. The molecule has 0 bridgehead atoms. The molecule has 0 saturated heterocycles. The average Bonchev–Trinajstić information content (AvgIpc) is 2.93. The van der Waals surface area contributed by atoms with Crippen LogP contribution in [0.4, 0.5) is 0 Å². The van der Waals surface area contributed by atoms with Crippen LogP contribution in [0.15, 0.2) is 41.5 Å². The van der Waals surface area contributed by atoms with Crippen LogP contribution in [0.25, 0.3) is 0 Å². The smallest absolute Gasteiger partial charge is 0.216 e. The second kappa shape index (κ2) is 8.03. The number of nitrogens with one attached hydrogen (secondary N) is 1. The molecule has 1 aromatic heterocycles. The minimum Gasteiger partial charge on any atom is -0.486 e. The molecule has 0 fully saturated rings. The molecule has 26 heavy (non-hydrogen) atoms. The molecule has 1 N–H and O–H groups in total. The first-order valence-corrected chi connectivity index (χ1v) is 8.95. The Kier molecular flexibility index (Phi) is 5.76. The van der Waals surface area contributed by atoms with E-state index in [1.54, 1.807) is 18.3 Å². The summed E-state index contributed by atoms with van der Waals surface area (Å²) < 4.78 is 7.72. The van der Waals surface area contributed by atoms with Gasteiger partial charge in [-0.25, -0.2) is 5.10 Å². The first kappa shape index (κ1) is 18.6. The maximum absolute atomic E-state index is 6.02. The zero-order valence-corrected chi connectivity index (χ0v) is 16.5. The summed E-state index contributed by atoms with van der Waals surface area (Å²) in [7, 11) is 0. The van der Waals surface area contributed by atoms with Crippen molar-refractivity contribution in [3.05, 3.63) is 73.7 Å². The Labute approximate surface area is 166 Å². The lowest BCUT2D eigenvalue weighted by Gasteiger charge is -2.07. The number of aryl methyl sites for hydroxylation is 2. The quantitative estimate of drug-likeness (QED) is 0.460. The number of nitrogens with zero attached hydrogens (tertiary/aromatic N) is 3. The van der Waals surface area contributed by atoms with E-state index in [1.165, 1.54) is 4.68 Å². The molecule has 3 aromatic rings. The molecule has 0 aliphatic rings. The molecule has 0 saturated carbocycles. The van der Waals surface area contributed by atoms with Crippen LogP contribution < -0.4 is 4.74 Å². The highest BCUT2D eigenvalue weighted by molar-refractivity contribution is 7.71. The van der Waals surface area contributed by atoms with E-state index in [-0.39, 0.29) is 6.61 Å². The van der Waals surface area contributed by atoms with Crippen molar-refractivity contribution in [1.29, 1.82) is 0 Å².